The Balaban J connectivity index is -0.000000448. The molecule has 30 heavy (non-hydrogen) atoms. The Morgan fingerprint density at radius 2 is 0.933 bits per heavy atom. The highest BCUT2D eigenvalue weighted by molar-refractivity contribution is 5.91. The van der Waals surface area contributed by atoms with E-state index in [1.54, 1.807) is 44.8 Å². The second-order valence-corrected chi connectivity index (χ2v) is 8.36. The van der Waals surface area contributed by atoms with E-state index < -0.39 is 17.0 Å². The Hall–Kier alpha value is -2.00. The van der Waals surface area contributed by atoms with Crippen molar-refractivity contribution in [1.29, 1.82) is 0 Å². The zero-order valence-electron chi connectivity index (χ0n) is 21.3. The summed E-state index contributed by atoms with van der Waals surface area (Å²) in [6.45, 7) is 12.6. The van der Waals surface area contributed by atoms with Crippen molar-refractivity contribution in [3.8, 4) is 0 Å². The number of likely N-dealkylation sites (N-methyl/N-ethyl adjacent to an activating group) is 4. The number of aliphatic carboxylic acids is 1. The first-order valence-corrected chi connectivity index (χ1v) is 9.96. The fourth-order valence-electron chi connectivity index (χ4n) is 1.76. The number of rotatable bonds is 8. The van der Waals surface area contributed by atoms with Crippen molar-refractivity contribution in [2.24, 2.45) is 0 Å². The van der Waals surface area contributed by atoms with Gasteiger partial charge < -0.3 is 24.7 Å². The highest BCUT2D eigenvalue weighted by atomic mass is 16.4. The predicted molar refractivity (Wildman–Crippen MR) is 120 cm³/mol. The van der Waals surface area contributed by atoms with Crippen LogP contribution in [-0.4, -0.2) is 115 Å². The largest absolute Gasteiger partial charge is 0.480 e. The molecule has 0 bridgehead atoms. The van der Waals surface area contributed by atoms with Crippen molar-refractivity contribution in [2.75, 3.05) is 55.4 Å². The number of hydrogen-bond donors (Lipinski definition) is 1. The molecule has 0 heterocycles. The van der Waals surface area contributed by atoms with E-state index in [-0.39, 0.29) is 24.1 Å². The molecule has 0 fully saturated rings. The lowest BCUT2D eigenvalue weighted by Gasteiger charge is -2.34. The Kier molecular flexibility index (Phi) is 15.3. The van der Waals surface area contributed by atoms with Gasteiger partial charge in [0, 0.05) is 14.1 Å². The summed E-state index contributed by atoms with van der Waals surface area (Å²) in [7, 11) is 10.3. The maximum Gasteiger partial charge on any atom is 0.329 e. The van der Waals surface area contributed by atoms with E-state index in [0.29, 0.717) is 6.54 Å². The van der Waals surface area contributed by atoms with Crippen LogP contribution in [0.4, 0.5) is 0 Å². The van der Waals surface area contributed by atoms with Crippen LogP contribution in [0.25, 0.3) is 0 Å². The highest BCUT2D eigenvalue weighted by Crippen LogP contribution is 2.14. The Bertz CT molecular complexity index is 522. The van der Waals surface area contributed by atoms with E-state index in [0.717, 1.165) is 0 Å². The third-order valence-corrected chi connectivity index (χ3v) is 4.71. The van der Waals surface area contributed by atoms with Gasteiger partial charge in [-0.3, -0.25) is 14.4 Å². The number of ketones is 1. The molecule has 0 aromatic heterocycles. The van der Waals surface area contributed by atoms with Gasteiger partial charge in [-0.05, 0) is 62.8 Å². The normalized spacial score (nSPS) is 11.0. The van der Waals surface area contributed by atoms with E-state index in [2.05, 4.69) is 0 Å². The Labute approximate surface area is 183 Å². The van der Waals surface area contributed by atoms with Crippen LogP contribution < -0.4 is 0 Å². The molecule has 0 saturated heterocycles. The minimum atomic E-state index is -1.16. The molecule has 0 aliphatic carbocycles. The summed E-state index contributed by atoms with van der Waals surface area (Å²) in [5, 5.41) is 8.89. The quantitative estimate of drug-likeness (QED) is 0.616. The molecule has 0 aliphatic heterocycles. The molecule has 0 saturated carbocycles. The van der Waals surface area contributed by atoms with Crippen molar-refractivity contribution < 1.29 is 24.3 Å². The summed E-state index contributed by atoms with van der Waals surface area (Å²) in [6.07, 6.45) is 0. The molecular formula is C21H44N4O5. The second-order valence-electron chi connectivity index (χ2n) is 8.36. The van der Waals surface area contributed by atoms with Crippen molar-refractivity contribution >= 4 is 23.6 Å². The van der Waals surface area contributed by atoms with Gasteiger partial charge in [-0.1, -0.05) is 13.8 Å². The van der Waals surface area contributed by atoms with Crippen LogP contribution in [0.3, 0.4) is 0 Å². The first kappa shape index (κ1) is 32.7. The molecule has 0 aliphatic rings. The predicted octanol–water partition coefficient (Wildman–Crippen LogP) is 1.27. The molecule has 0 unspecified atom stereocenters. The summed E-state index contributed by atoms with van der Waals surface area (Å²) >= 11 is 0. The first-order chi connectivity index (χ1) is 13.4. The molecule has 0 spiro atoms. The highest BCUT2D eigenvalue weighted by Gasteiger charge is 2.35. The molecule has 0 rings (SSSR count). The van der Waals surface area contributed by atoms with Gasteiger partial charge in [-0.25, -0.2) is 4.79 Å². The van der Waals surface area contributed by atoms with Crippen molar-refractivity contribution in [1.82, 2.24) is 19.6 Å². The van der Waals surface area contributed by atoms with E-state index in [9.17, 15) is 19.2 Å². The van der Waals surface area contributed by atoms with Crippen LogP contribution in [0.5, 0.6) is 0 Å². The van der Waals surface area contributed by atoms with Gasteiger partial charge in [0.1, 0.15) is 5.54 Å². The minimum Gasteiger partial charge on any atom is -0.480 e. The van der Waals surface area contributed by atoms with Gasteiger partial charge in [0.2, 0.25) is 11.8 Å². The van der Waals surface area contributed by atoms with Crippen LogP contribution >= 0.6 is 0 Å². The average Bonchev–Trinajstić information content (AvgIpc) is 2.60. The zero-order chi connectivity index (χ0) is 25.0. The number of nitrogens with zero attached hydrogens (tertiary/aromatic N) is 4. The monoisotopic (exact) mass is 432 g/mol. The maximum atomic E-state index is 11.6. The number of hydrogen-bond acceptors (Lipinski definition) is 6. The lowest BCUT2D eigenvalue weighted by molar-refractivity contribution is -0.155. The van der Waals surface area contributed by atoms with E-state index >= 15 is 0 Å². The smallest absolute Gasteiger partial charge is 0.329 e. The molecule has 9 heteroatoms. The molecule has 1 N–H and O–H groups in total. The number of carbonyl (C=O) groups is 4. The number of amides is 2. The lowest BCUT2D eigenvalue weighted by Crippen LogP contribution is -2.52. The maximum absolute atomic E-state index is 11.6. The second kappa shape index (κ2) is 14.1. The fraction of sp³-hybridized carbons (Fsp3) is 0.810. The molecule has 0 aromatic rings. The number of carboxylic acid groups (broad SMARTS) is 1. The molecular weight excluding hydrogens is 388 g/mol. The first-order valence-electron chi connectivity index (χ1n) is 9.96. The minimum absolute atomic E-state index is 0.00731. The third-order valence-electron chi connectivity index (χ3n) is 4.71. The topological polar surface area (TPSA) is 101 Å². The van der Waals surface area contributed by atoms with Crippen molar-refractivity contribution in [3.63, 3.8) is 0 Å². The average molecular weight is 433 g/mol. The van der Waals surface area contributed by atoms with Gasteiger partial charge in [-0.15, -0.1) is 0 Å². The molecule has 0 radical (unpaired) electrons. The van der Waals surface area contributed by atoms with Crippen LogP contribution in [0.15, 0.2) is 0 Å². The van der Waals surface area contributed by atoms with Crippen LogP contribution in [0.2, 0.25) is 0 Å². The molecule has 178 valence electrons. The molecule has 0 aromatic carbocycles. The Morgan fingerprint density at radius 3 is 1.13 bits per heavy atom. The van der Waals surface area contributed by atoms with Gasteiger partial charge in [0.15, 0.2) is 5.78 Å². The van der Waals surface area contributed by atoms with E-state index in [4.69, 9.17) is 5.11 Å². The van der Waals surface area contributed by atoms with Crippen LogP contribution in [0.1, 0.15) is 48.5 Å². The SMILES string of the molecule is CC.CC(=O)C(C)(C)N(C)C(=O)CN(C)C.CN(C)CC(=O)N(C)C(C)(C)C(=O)O. The van der Waals surface area contributed by atoms with Crippen molar-refractivity contribution in [3.05, 3.63) is 0 Å². The van der Waals surface area contributed by atoms with Gasteiger partial charge in [0.25, 0.3) is 0 Å². The van der Waals surface area contributed by atoms with Crippen molar-refractivity contribution in [2.45, 2.75) is 59.5 Å². The fourth-order valence-corrected chi connectivity index (χ4v) is 1.76. The summed E-state index contributed by atoms with van der Waals surface area (Å²) in [5.74, 6) is -1.27. The molecule has 9 nitrogen and oxygen atoms in total. The van der Waals surface area contributed by atoms with Crippen LogP contribution in [0, 0.1) is 0 Å². The standard InChI is InChI=1S/C10H20N2O2.C9H18N2O3.C2H6/c1-8(13)10(2,3)12(6)9(14)7-11(4)5;1-9(2,8(13)14)11(5)7(12)6-10(3)4;1-2/h7H2,1-6H3;6H2,1-5H3,(H,13,14);1-2H3. The van der Waals surface area contributed by atoms with Gasteiger partial charge in [-0.2, -0.15) is 0 Å². The summed E-state index contributed by atoms with van der Waals surface area (Å²) in [5.41, 5.74) is -1.87. The number of carboxylic acids is 1. The Morgan fingerprint density at radius 1 is 0.667 bits per heavy atom. The summed E-state index contributed by atoms with van der Waals surface area (Å²) < 4.78 is 0. The van der Waals surface area contributed by atoms with E-state index in [1.807, 2.05) is 27.9 Å². The van der Waals surface area contributed by atoms with Gasteiger partial charge in [0.05, 0.1) is 18.6 Å². The molecule has 2 amide bonds. The van der Waals surface area contributed by atoms with Gasteiger partial charge >= 0.3 is 5.97 Å². The lowest BCUT2D eigenvalue weighted by atomic mass is 9.98. The molecule has 0 atom stereocenters. The summed E-state index contributed by atoms with van der Waals surface area (Å²) in [6, 6.07) is 0. The third kappa shape index (κ3) is 11.3. The number of Topliss-reactive ketones (excluding diaryl/α,β-unsaturated/α-hetero) is 1. The van der Waals surface area contributed by atoms with E-state index in [1.165, 1.54) is 37.6 Å². The summed E-state index contributed by atoms with van der Waals surface area (Å²) in [4.78, 5) is 51.5. The number of carbonyl (C=O) groups excluding carboxylic acids is 3. The van der Waals surface area contributed by atoms with Crippen LogP contribution in [-0.2, 0) is 19.2 Å². The zero-order valence-corrected chi connectivity index (χ0v) is 21.3.